The van der Waals surface area contributed by atoms with Gasteiger partial charge in [0.15, 0.2) is 0 Å². The van der Waals surface area contributed by atoms with Gasteiger partial charge in [-0.25, -0.2) is 9.78 Å². The van der Waals surface area contributed by atoms with Crippen LogP contribution in [0.1, 0.15) is 23.7 Å². The van der Waals surface area contributed by atoms with Gasteiger partial charge < -0.3 is 15.2 Å². The Bertz CT molecular complexity index is 398. The van der Waals surface area contributed by atoms with E-state index >= 15 is 0 Å². The smallest absolute Gasteiger partial charge is 0.341 e. The van der Waals surface area contributed by atoms with Gasteiger partial charge in [-0.05, 0) is 19.4 Å². The molecule has 0 bridgehead atoms. The first-order valence-corrected chi connectivity index (χ1v) is 5.57. The van der Waals surface area contributed by atoms with E-state index in [1.807, 2.05) is 6.92 Å². The van der Waals surface area contributed by atoms with Gasteiger partial charge in [-0.2, -0.15) is 0 Å². The average molecular weight is 259 g/mol. The van der Waals surface area contributed by atoms with Gasteiger partial charge in [0, 0.05) is 18.8 Å². The molecule has 1 heterocycles. The number of esters is 1. The molecule has 94 valence electrons. The molecule has 6 heteroatoms. The lowest BCUT2D eigenvalue weighted by atomic mass is 10.2. The molecule has 0 radical (unpaired) electrons. The van der Waals surface area contributed by atoms with Crippen molar-refractivity contribution in [2.24, 2.45) is 0 Å². The van der Waals surface area contributed by atoms with Gasteiger partial charge in [0.25, 0.3) is 0 Å². The van der Waals surface area contributed by atoms with Crippen LogP contribution in [0.4, 0.5) is 5.69 Å². The summed E-state index contributed by atoms with van der Waals surface area (Å²) in [6.45, 7) is 1.96. The average Bonchev–Trinajstić information content (AvgIpc) is 2.28. The third-order valence-corrected chi connectivity index (χ3v) is 2.45. The van der Waals surface area contributed by atoms with Crippen molar-refractivity contribution >= 4 is 23.3 Å². The number of carbonyl (C=O) groups excluding carboxylic acids is 1. The zero-order valence-electron chi connectivity index (χ0n) is 9.74. The third kappa shape index (κ3) is 3.87. The van der Waals surface area contributed by atoms with Crippen molar-refractivity contribution in [1.29, 1.82) is 0 Å². The number of hydrogen-bond donors (Lipinski definition) is 2. The molecule has 17 heavy (non-hydrogen) atoms. The largest absolute Gasteiger partial charge is 0.465 e. The van der Waals surface area contributed by atoms with Crippen molar-refractivity contribution in [3.63, 3.8) is 0 Å². The number of aliphatic hydroxyl groups is 1. The lowest BCUT2D eigenvalue weighted by Crippen LogP contribution is -2.19. The third-order valence-electron chi connectivity index (χ3n) is 2.24. The van der Waals surface area contributed by atoms with Gasteiger partial charge >= 0.3 is 5.97 Å². The second-order valence-corrected chi connectivity index (χ2v) is 3.99. The Morgan fingerprint density at radius 1 is 1.71 bits per heavy atom. The van der Waals surface area contributed by atoms with Crippen LogP contribution in [-0.2, 0) is 4.74 Å². The molecule has 0 unspecified atom stereocenters. The number of methoxy groups -OCH3 is 1. The monoisotopic (exact) mass is 258 g/mol. The Hall–Kier alpha value is -1.33. The molecule has 1 aromatic heterocycles. The van der Waals surface area contributed by atoms with Crippen LogP contribution in [0.3, 0.4) is 0 Å². The second kappa shape index (κ2) is 6.42. The topological polar surface area (TPSA) is 71.5 Å². The highest BCUT2D eigenvalue weighted by molar-refractivity contribution is 6.29. The van der Waals surface area contributed by atoms with Crippen molar-refractivity contribution in [1.82, 2.24) is 4.98 Å². The van der Waals surface area contributed by atoms with Crippen molar-refractivity contribution in [3.8, 4) is 0 Å². The number of nitrogens with zero attached hydrogens (tertiary/aromatic N) is 1. The molecule has 0 fully saturated rings. The first-order chi connectivity index (χ1) is 8.08. The number of ether oxygens (including phenoxy) is 1. The summed E-state index contributed by atoms with van der Waals surface area (Å²) in [5.74, 6) is -0.479. The van der Waals surface area contributed by atoms with Crippen LogP contribution < -0.4 is 5.32 Å². The fourth-order valence-electron chi connectivity index (χ4n) is 1.35. The standard InChI is InChI=1S/C11H15ClN2O3/c1-7(3-4-15)14-9-5-10(12)13-6-8(9)11(16)17-2/h5-7,15H,3-4H2,1-2H3,(H,13,14)/t7-/m0/s1. The molecule has 0 spiro atoms. The minimum atomic E-state index is -0.479. The molecule has 2 N–H and O–H groups in total. The first-order valence-electron chi connectivity index (χ1n) is 5.19. The van der Waals surface area contributed by atoms with E-state index in [-0.39, 0.29) is 17.8 Å². The molecule has 0 amide bonds. The number of anilines is 1. The molecule has 0 saturated heterocycles. The number of halogens is 1. The molecular formula is C11H15ClN2O3. The maximum atomic E-state index is 11.5. The Morgan fingerprint density at radius 2 is 2.41 bits per heavy atom. The zero-order valence-corrected chi connectivity index (χ0v) is 10.5. The maximum Gasteiger partial charge on any atom is 0.341 e. The summed E-state index contributed by atoms with van der Waals surface area (Å²) in [7, 11) is 1.30. The van der Waals surface area contributed by atoms with Gasteiger partial charge in [0.2, 0.25) is 0 Å². The Kier molecular flexibility index (Phi) is 5.18. The molecule has 0 aliphatic carbocycles. The first kappa shape index (κ1) is 13.7. The summed E-state index contributed by atoms with van der Waals surface area (Å²) in [5, 5.41) is 12.2. The highest BCUT2D eigenvalue weighted by atomic mass is 35.5. The van der Waals surface area contributed by atoms with E-state index < -0.39 is 5.97 Å². The maximum absolute atomic E-state index is 11.5. The van der Waals surface area contributed by atoms with E-state index in [0.29, 0.717) is 17.7 Å². The molecule has 0 aliphatic rings. The summed E-state index contributed by atoms with van der Waals surface area (Å²) >= 11 is 5.77. The van der Waals surface area contributed by atoms with E-state index in [9.17, 15) is 4.79 Å². The molecule has 5 nitrogen and oxygen atoms in total. The molecule has 1 atom stereocenters. The number of carbonyl (C=O) groups is 1. The molecule has 0 aliphatic heterocycles. The van der Waals surface area contributed by atoms with Crippen LogP contribution in [0.25, 0.3) is 0 Å². The van der Waals surface area contributed by atoms with Crippen LogP contribution in [-0.4, -0.2) is 35.8 Å². The Labute approximate surface area is 105 Å². The highest BCUT2D eigenvalue weighted by Crippen LogP contribution is 2.20. The van der Waals surface area contributed by atoms with E-state index in [1.165, 1.54) is 13.3 Å². The van der Waals surface area contributed by atoms with Crippen molar-refractivity contribution < 1.29 is 14.6 Å². The number of rotatable bonds is 5. The van der Waals surface area contributed by atoms with Crippen LogP contribution in [0.2, 0.25) is 5.15 Å². The molecule has 1 aromatic rings. The van der Waals surface area contributed by atoms with Gasteiger partial charge in [0.1, 0.15) is 10.7 Å². The van der Waals surface area contributed by atoms with Crippen molar-refractivity contribution in [2.45, 2.75) is 19.4 Å². The van der Waals surface area contributed by atoms with Gasteiger partial charge in [0.05, 0.1) is 12.8 Å². The summed E-state index contributed by atoms with van der Waals surface area (Å²) < 4.78 is 4.65. The van der Waals surface area contributed by atoms with Crippen molar-refractivity contribution in [2.75, 3.05) is 19.0 Å². The molecule has 0 saturated carbocycles. The summed E-state index contributed by atoms with van der Waals surface area (Å²) in [6, 6.07) is 1.57. The molecular weight excluding hydrogens is 244 g/mol. The second-order valence-electron chi connectivity index (χ2n) is 3.60. The fourth-order valence-corrected chi connectivity index (χ4v) is 1.51. The van der Waals surface area contributed by atoms with Crippen molar-refractivity contribution in [3.05, 3.63) is 23.0 Å². The molecule has 0 aromatic carbocycles. The SMILES string of the molecule is COC(=O)c1cnc(Cl)cc1N[C@@H](C)CCO. The number of aromatic nitrogens is 1. The van der Waals surface area contributed by atoms with E-state index in [0.717, 1.165) is 0 Å². The predicted octanol–water partition coefficient (Wildman–Crippen LogP) is 1.70. The molecule has 1 rings (SSSR count). The van der Waals surface area contributed by atoms with Crippen LogP contribution in [0.5, 0.6) is 0 Å². The summed E-state index contributed by atoms with van der Waals surface area (Å²) in [6.07, 6.45) is 1.93. The number of pyridine rings is 1. The summed E-state index contributed by atoms with van der Waals surface area (Å²) in [5.41, 5.74) is 0.875. The normalized spacial score (nSPS) is 12.0. The van der Waals surface area contributed by atoms with Crippen LogP contribution in [0, 0.1) is 0 Å². The van der Waals surface area contributed by atoms with Crippen LogP contribution in [0.15, 0.2) is 12.3 Å². The van der Waals surface area contributed by atoms with Gasteiger partial charge in [-0.15, -0.1) is 0 Å². The Balaban J connectivity index is 2.94. The quantitative estimate of drug-likeness (QED) is 0.621. The van der Waals surface area contributed by atoms with E-state index in [4.69, 9.17) is 16.7 Å². The minimum absolute atomic E-state index is 0.0156. The number of aliphatic hydroxyl groups excluding tert-OH is 1. The van der Waals surface area contributed by atoms with Crippen LogP contribution >= 0.6 is 11.6 Å². The number of hydrogen-bond acceptors (Lipinski definition) is 5. The van der Waals surface area contributed by atoms with E-state index in [1.54, 1.807) is 6.07 Å². The van der Waals surface area contributed by atoms with Gasteiger partial charge in [-0.1, -0.05) is 11.6 Å². The zero-order chi connectivity index (χ0) is 12.8. The lowest BCUT2D eigenvalue weighted by Gasteiger charge is -2.16. The van der Waals surface area contributed by atoms with E-state index in [2.05, 4.69) is 15.0 Å². The Morgan fingerprint density at radius 3 is 3.00 bits per heavy atom. The lowest BCUT2D eigenvalue weighted by molar-refractivity contribution is 0.0601. The van der Waals surface area contributed by atoms with Gasteiger partial charge in [-0.3, -0.25) is 0 Å². The minimum Gasteiger partial charge on any atom is -0.465 e. The highest BCUT2D eigenvalue weighted by Gasteiger charge is 2.14. The fraction of sp³-hybridized carbons (Fsp3) is 0.455. The predicted molar refractivity (Wildman–Crippen MR) is 65.4 cm³/mol. The summed E-state index contributed by atoms with van der Waals surface area (Å²) in [4.78, 5) is 15.3. The number of nitrogens with one attached hydrogen (secondary N) is 1.